The lowest BCUT2D eigenvalue weighted by molar-refractivity contribution is 0.0835. The van der Waals surface area contributed by atoms with Gasteiger partial charge in [-0.25, -0.2) is 0 Å². The van der Waals surface area contributed by atoms with Crippen LogP contribution >= 0.6 is 0 Å². The van der Waals surface area contributed by atoms with Crippen molar-refractivity contribution in [1.29, 1.82) is 0 Å². The summed E-state index contributed by atoms with van der Waals surface area (Å²) in [5.41, 5.74) is 10.9. The zero-order chi connectivity index (χ0) is 17.9. The minimum absolute atomic E-state index is 0.622. The van der Waals surface area contributed by atoms with Crippen molar-refractivity contribution in [3.05, 3.63) is 0 Å². The molecule has 0 rings (SSSR count). The molecule has 0 bridgehead atoms. The minimum atomic E-state index is -2.51. The van der Waals surface area contributed by atoms with E-state index in [1.54, 1.807) is 14.2 Å². The second-order valence-electron chi connectivity index (χ2n) is 5.61. The molecule has 0 aliphatic rings. The Morgan fingerprint density at radius 2 is 1.08 bits per heavy atom. The third-order valence-corrected chi connectivity index (χ3v) is 6.49. The van der Waals surface area contributed by atoms with E-state index in [0.717, 1.165) is 71.0 Å². The van der Waals surface area contributed by atoms with Crippen molar-refractivity contribution in [2.24, 2.45) is 11.5 Å². The Bertz CT molecular complexity index is 259. The quantitative estimate of drug-likeness (QED) is 0.264. The molecule has 0 radical (unpaired) electrons. The van der Waals surface area contributed by atoms with E-state index in [1.807, 2.05) is 0 Å². The van der Waals surface area contributed by atoms with Crippen LogP contribution < -0.4 is 11.5 Å². The Kier molecular flexibility index (Phi) is 17.7. The van der Waals surface area contributed by atoms with Crippen LogP contribution in [0, 0.1) is 0 Å². The average Bonchev–Trinajstić information content (AvgIpc) is 2.62. The van der Waals surface area contributed by atoms with Gasteiger partial charge in [-0.3, -0.25) is 0 Å². The van der Waals surface area contributed by atoms with Crippen LogP contribution in [-0.2, 0) is 22.8 Å². The summed E-state index contributed by atoms with van der Waals surface area (Å²) < 4.78 is 27.9. The van der Waals surface area contributed by atoms with Crippen LogP contribution in [0.15, 0.2) is 0 Å². The molecule has 0 atom stereocenters. The Morgan fingerprint density at radius 3 is 1.54 bits per heavy atom. The molecule has 7 nitrogen and oxygen atoms in total. The van der Waals surface area contributed by atoms with E-state index in [4.69, 9.17) is 34.2 Å². The monoisotopic (exact) mass is 366 g/mol. The minimum Gasteiger partial charge on any atom is -0.381 e. The zero-order valence-corrected chi connectivity index (χ0v) is 16.6. The third-order valence-electron chi connectivity index (χ3n) is 3.63. The summed E-state index contributed by atoms with van der Waals surface area (Å²) in [4.78, 5) is 0. The normalized spacial score (nSPS) is 12.0. The van der Waals surface area contributed by atoms with Crippen LogP contribution in [0.4, 0.5) is 0 Å². The first-order chi connectivity index (χ1) is 11.7. The van der Waals surface area contributed by atoms with Crippen LogP contribution in [-0.4, -0.2) is 69.1 Å². The molecule has 0 spiro atoms. The summed E-state index contributed by atoms with van der Waals surface area (Å²) in [5.74, 6) is 0. The second kappa shape index (κ2) is 17.8. The molecule has 0 aliphatic heterocycles. The molecule has 0 aromatic carbocycles. The fourth-order valence-corrected chi connectivity index (χ4v) is 4.18. The van der Waals surface area contributed by atoms with Gasteiger partial charge in [0.25, 0.3) is 0 Å². The SMILES string of the molecule is CO[Si](CCCN)(OC)OCCCCOCCCCOCCCN. The van der Waals surface area contributed by atoms with Crippen molar-refractivity contribution in [3.63, 3.8) is 0 Å². The van der Waals surface area contributed by atoms with Gasteiger partial charge in [0, 0.05) is 53.3 Å². The molecule has 4 N–H and O–H groups in total. The maximum atomic E-state index is 5.88. The predicted molar refractivity (Wildman–Crippen MR) is 98.0 cm³/mol. The van der Waals surface area contributed by atoms with Gasteiger partial charge in [-0.2, -0.15) is 0 Å². The van der Waals surface area contributed by atoms with Gasteiger partial charge in [0.2, 0.25) is 0 Å². The lowest BCUT2D eigenvalue weighted by Crippen LogP contribution is -2.44. The number of hydrogen-bond donors (Lipinski definition) is 2. The van der Waals surface area contributed by atoms with Crippen molar-refractivity contribution in [3.8, 4) is 0 Å². The molecular formula is C16H38N2O5Si. The highest BCUT2D eigenvalue weighted by atomic mass is 28.4. The Labute approximate surface area is 148 Å². The van der Waals surface area contributed by atoms with Crippen molar-refractivity contribution >= 4 is 8.80 Å². The van der Waals surface area contributed by atoms with Gasteiger partial charge in [0.15, 0.2) is 0 Å². The molecule has 8 heteroatoms. The van der Waals surface area contributed by atoms with E-state index in [1.165, 1.54) is 0 Å². The number of ether oxygens (including phenoxy) is 2. The van der Waals surface area contributed by atoms with Crippen LogP contribution in [0.25, 0.3) is 0 Å². The van der Waals surface area contributed by atoms with Gasteiger partial charge >= 0.3 is 8.80 Å². The van der Waals surface area contributed by atoms with Crippen LogP contribution in [0.1, 0.15) is 38.5 Å². The van der Waals surface area contributed by atoms with Crippen LogP contribution in [0.2, 0.25) is 6.04 Å². The van der Waals surface area contributed by atoms with E-state index >= 15 is 0 Å². The van der Waals surface area contributed by atoms with Crippen LogP contribution in [0.3, 0.4) is 0 Å². The summed E-state index contributed by atoms with van der Waals surface area (Å²) in [5, 5.41) is 0. The van der Waals surface area contributed by atoms with E-state index in [-0.39, 0.29) is 0 Å². The summed E-state index contributed by atoms with van der Waals surface area (Å²) in [6, 6.07) is 0.764. The highest BCUT2D eigenvalue weighted by Crippen LogP contribution is 2.16. The smallest absolute Gasteiger partial charge is 0.381 e. The maximum Gasteiger partial charge on any atom is 0.500 e. The maximum absolute atomic E-state index is 5.88. The molecule has 0 fully saturated rings. The topological polar surface area (TPSA) is 98.2 Å². The number of rotatable bonds is 19. The fraction of sp³-hybridized carbons (Fsp3) is 1.00. The molecule has 0 unspecified atom stereocenters. The first-order valence-electron chi connectivity index (χ1n) is 9.04. The molecule has 0 aromatic heterocycles. The largest absolute Gasteiger partial charge is 0.500 e. The molecule has 0 saturated heterocycles. The van der Waals surface area contributed by atoms with Gasteiger partial charge in [-0.05, 0) is 51.6 Å². The van der Waals surface area contributed by atoms with Crippen molar-refractivity contribution in [2.45, 2.75) is 44.6 Å². The van der Waals surface area contributed by atoms with Crippen molar-refractivity contribution in [1.82, 2.24) is 0 Å². The molecule has 0 aromatic rings. The lowest BCUT2D eigenvalue weighted by Gasteiger charge is -2.26. The zero-order valence-electron chi connectivity index (χ0n) is 15.6. The van der Waals surface area contributed by atoms with Crippen LogP contribution in [0.5, 0.6) is 0 Å². The molecular weight excluding hydrogens is 328 g/mol. The number of nitrogens with two attached hydrogens (primary N) is 2. The highest BCUT2D eigenvalue weighted by molar-refractivity contribution is 6.60. The van der Waals surface area contributed by atoms with Gasteiger partial charge in [-0.15, -0.1) is 0 Å². The van der Waals surface area contributed by atoms with Gasteiger partial charge in [0.05, 0.1) is 0 Å². The fourth-order valence-electron chi connectivity index (χ4n) is 2.13. The molecule has 0 heterocycles. The second-order valence-corrected chi connectivity index (χ2v) is 8.58. The van der Waals surface area contributed by atoms with E-state index in [2.05, 4.69) is 0 Å². The molecule has 0 saturated carbocycles. The van der Waals surface area contributed by atoms with E-state index in [9.17, 15) is 0 Å². The molecule has 146 valence electrons. The molecule has 0 aliphatic carbocycles. The summed E-state index contributed by atoms with van der Waals surface area (Å²) in [7, 11) is 0.789. The standard InChI is InChI=1S/C16H38N2O5Si/c1-19-24(20-2,16-8-10-18)23-15-6-5-13-21-11-3-4-12-22-14-7-9-17/h3-18H2,1-2H3. The predicted octanol–water partition coefficient (Wildman–Crippen LogP) is 1.53. The Morgan fingerprint density at radius 1 is 0.625 bits per heavy atom. The van der Waals surface area contributed by atoms with Crippen molar-refractivity contribution in [2.75, 3.05) is 60.3 Å². The number of hydrogen-bond acceptors (Lipinski definition) is 7. The van der Waals surface area contributed by atoms with Gasteiger partial charge < -0.3 is 34.2 Å². The number of unbranched alkanes of at least 4 members (excludes halogenated alkanes) is 2. The van der Waals surface area contributed by atoms with E-state index < -0.39 is 8.80 Å². The van der Waals surface area contributed by atoms with Crippen molar-refractivity contribution < 1.29 is 22.8 Å². The molecule has 0 amide bonds. The lowest BCUT2D eigenvalue weighted by atomic mass is 10.3. The average molecular weight is 367 g/mol. The van der Waals surface area contributed by atoms with E-state index in [0.29, 0.717) is 19.7 Å². The first-order valence-corrected chi connectivity index (χ1v) is 11.0. The third kappa shape index (κ3) is 13.3. The Hall–Kier alpha value is -0.0631. The van der Waals surface area contributed by atoms with Gasteiger partial charge in [0.1, 0.15) is 0 Å². The van der Waals surface area contributed by atoms with Gasteiger partial charge in [-0.1, -0.05) is 0 Å². The Balaban J connectivity index is 3.42. The molecule has 24 heavy (non-hydrogen) atoms. The highest BCUT2D eigenvalue weighted by Gasteiger charge is 2.37. The summed E-state index contributed by atoms with van der Waals surface area (Å²) in [6.07, 6.45) is 5.76. The first kappa shape index (κ1) is 23.9. The summed E-state index contributed by atoms with van der Waals surface area (Å²) in [6.45, 7) is 5.05. The summed E-state index contributed by atoms with van der Waals surface area (Å²) >= 11 is 0.